The van der Waals surface area contributed by atoms with Gasteiger partial charge in [0, 0.05) is 19.2 Å². The molecular weight excluding hydrogens is 254 g/mol. The molecule has 0 saturated carbocycles. The van der Waals surface area contributed by atoms with Crippen molar-refractivity contribution in [3.63, 3.8) is 0 Å². The fraction of sp³-hybridized carbons (Fsp3) is 0.667. The van der Waals surface area contributed by atoms with Gasteiger partial charge in [-0.2, -0.15) is 0 Å². The Hall–Kier alpha value is -1.07. The first-order valence-corrected chi connectivity index (χ1v) is 6.08. The van der Waals surface area contributed by atoms with Gasteiger partial charge < -0.3 is 14.7 Å². The lowest BCUT2D eigenvalue weighted by molar-refractivity contribution is 0.0649. The molecule has 0 radical (unpaired) electrons. The monoisotopic (exact) mass is 273 g/mol. The molecule has 1 N–H and O–H groups in total. The number of nitrogens with one attached hydrogen (secondary N) is 1. The third-order valence-electron chi connectivity index (χ3n) is 3.23. The number of aryl methyl sites for hydroxylation is 1. The maximum atomic E-state index is 12.1. The number of carbonyl (C=O) groups is 1. The molecule has 2 heterocycles. The van der Waals surface area contributed by atoms with E-state index in [2.05, 4.69) is 10.5 Å². The third-order valence-corrected chi connectivity index (χ3v) is 3.23. The fourth-order valence-electron chi connectivity index (χ4n) is 2.25. The van der Waals surface area contributed by atoms with Gasteiger partial charge in [0.05, 0.1) is 5.69 Å². The van der Waals surface area contributed by atoms with Gasteiger partial charge in [-0.15, -0.1) is 12.4 Å². The van der Waals surface area contributed by atoms with E-state index in [0.717, 1.165) is 38.2 Å². The van der Waals surface area contributed by atoms with Gasteiger partial charge in [0.1, 0.15) is 0 Å². The summed E-state index contributed by atoms with van der Waals surface area (Å²) in [4.78, 5) is 13.9. The second-order valence-corrected chi connectivity index (χ2v) is 4.63. The maximum absolute atomic E-state index is 12.1. The molecule has 6 heteroatoms. The van der Waals surface area contributed by atoms with Crippen molar-refractivity contribution >= 4 is 18.3 Å². The molecule has 0 unspecified atom stereocenters. The molecule has 1 amide bonds. The Bertz CT molecular complexity index is 386. The number of hydrogen-bond donors (Lipinski definition) is 1. The largest absolute Gasteiger partial charge is 0.351 e. The zero-order valence-corrected chi connectivity index (χ0v) is 11.6. The van der Waals surface area contributed by atoms with Crippen LogP contribution in [0.25, 0.3) is 0 Å². The van der Waals surface area contributed by atoms with Crippen LogP contribution in [0.5, 0.6) is 0 Å². The van der Waals surface area contributed by atoms with Gasteiger partial charge in [0.25, 0.3) is 5.91 Å². The first-order valence-electron chi connectivity index (χ1n) is 6.08. The van der Waals surface area contributed by atoms with E-state index < -0.39 is 0 Å². The van der Waals surface area contributed by atoms with Crippen molar-refractivity contribution in [1.82, 2.24) is 15.4 Å². The number of hydrogen-bond acceptors (Lipinski definition) is 4. The molecule has 1 aliphatic rings. The minimum atomic E-state index is -0.0338. The summed E-state index contributed by atoms with van der Waals surface area (Å²) in [6.07, 6.45) is 2.11. The van der Waals surface area contributed by atoms with Crippen LogP contribution in [0.2, 0.25) is 0 Å². The van der Waals surface area contributed by atoms with Crippen molar-refractivity contribution in [2.24, 2.45) is 5.92 Å². The minimum Gasteiger partial charge on any atom is -0.351 e. The zero-order valence-electron chi connectivity index (χ0n) is 10.8. The van der Waals surface area contributed by atoms with E-state index in [1.54, 1.807) is 6.07 Å². The Kier molecular flexibility index (Phi) is 5.62. The number of nitrogens with zero attached hydrogens (tertiary/aromatic N) is 2. The second-order valence-electron chi connectivity index (χ2n) is 4.63. The fourth-order valence-corrected chi connectivity index (χ4v) is 2.25. The summed E-state index contributed by atoms with van der Waals surface area (Å²) in [5.74, 6) is 1.00. The number of rotatable bonds is 3. The maximum Gasteiger partial charge on any atom is 0.292 e. The number of amides is 1. The summed E-state index contributed by atoms with van der Waals surface area (Å²) >= 11 is 0. The van der Waals surface area contributed by atoms with Gasteiger partial charge in [0.15, 0.2) is 0 Å². The molecular formula is C12H20ClN3O2. The van der Waals surface area contributed by atoms with Crippen molar-refractivity contribution in [1.29, 1.82) is 0 Å². The molecule has 0 spiro atoms. The molecule has 1 fully saturated rings. The van der Waals surface area contributed by atoms with E-state index in [1.807, 2.05) is 18.9 Å². The van der Waals surface area contributed by atoms with Gasteiger partial charge in [-0.05, 0) is 39.3 Å². The molecule has 2 rings (SSSR count). The quantitative estimate of drug-likeness (QED) is 0.906. The van der Waals surface area contributed by atoms with Crippen LogP contribution in [-0.4, -0.2) is 42.6 Å². The summed E-state index contributed by atoms with van der Waals surface area (Å²) in [6, 6.07) is 1.70. The topological polar surface area (TPSA) is 58.4 Å². The van der Waals surface area contributed by atoms with Crippen LogP contribution in [-0.2, 0) is 0 Å². The van der Waals surface area contributed by atoms with Crippen LogP contribution in [0.4, 0.5) is 0 Å². The van der Waals surface area contributed by atoms with Crippen LogP contribution in [0.15, 0.2) is 10.6 Å². The number of likely N-dealkylation sites (tertiary alicyclic amines) is 1. The molecule has 102 valence electrons. The van der Waals surface area contributed by atoms with E-state index in [-0.39, 0.29) is 18.3 Å². The van der Waals surface area contributed by atoms with Crippen LogP contribution in [0.1, 0.15) is 29.1 Å². The van der Waals surface area contributed by atoms with Crippen molar-refractivity contribution in [2.75, 3.05) is 26.7 Å². The summed E-state index contributed by atoms with van der Waals surface area (Å²) in [6.45, 7) is 4.47. The Balaban J connectivity index is 0.00000162. The second kappa shape index (κ2) is 6.75. The van der Waals surface area contributed by atoms with Gasteiger partial charge in [0.2, 0.25) is 5.76 Å². The lowest BCUT2D eigenvalue weighted by Crippen LogP contribution is -2.40. The predicted molar refractivity (Wildman–Crippen MR) is 71.0 cm³/mol. The molecule has 0 bridgehead atoms. The van der Waals surface area contributed by atoms with Gasteiger partial charge in [-0.1, -0.05) is 5.16 Å². The standard InChI is InChI=1S/C12H19N3O2.ClH/c1-9-7-11(17-14-9)12(16)15-5-3-10(4-6-15)8-13-2;/h7,10,13H,3-6,8H2,1-2H3;1H. The lowest BCUT2D eigenvalue weighted by Gasteiger charge is -2.31. The number of carbonyl (C=O) groups excluding carboxylic acids is 1. The zero-order chi connectivity index (χ0) is 12.3. The van der Waals surface area contributed by atoms with Gasteiger partial charge in [-0.25, -0.2) is 0 Å². The molecule has 1 aliphatic heterocycles. The van der Waals surface area contributed by atoms with Crippen molar-refractivity contribution in [2.45, 2.75) is 19.8 Å². The van der Waals surface area contributed by atoms with Crippen molar-refractivity contribution < 1.29 is 9.32 Å². The number of aromatic nitrogens is 1. The normalized spacial score (nSPS) is 16.4. The highest BCUT2D eigenvalue weighted by molar-refractivity contribution is 5.91. The molecule has 18 heavy (non-hydrogen) atoms. The lowest BCUT2D eigenvalue weighted by atomic mass is 9.97. The third kappa shape index (κ3) is 3.46. The highest BCUT2D eigenvalue weighted by Gasteiger charge is 2.25. The Morgan fingerprint density at radius 3 is 2.72 bits per heavy atom. The summed E-state index contributed by atoms with van der Waals surface area (Å²) < 4.78 is 5.00. The average molecular weight is 274 g/mol. The van der Waals surface area contributed by atoms with Gasteiger partial charge in [-0.3, -0.25) is 4.79 Å². The molecule has 1 aromatic rings. The van der Waals surface area contributed by atoms with Crippen LogP contribution in [0, 0.1) is 12.8 Å². The minimum absolute atomic E-state index is 0. The Morgan fingerprint density at radius 1 is 1.56 bits per heavy atom. The van der Waals surface area contributed by atoms with Crippen LogP contribution >= 0.6 is 12.4 Å². The van der Waals surface area contributed by atoms with E-state index in [1.165, 1.54) is 0 Å². The molecule has 5 nitrogen and oxygen atoms in total. The molecule has 0 aromatic carbocycles. The Labute approximate surface area is 113 Å². The SMILES string of the molecule is CNCC1CCN(C(=O)c2cc(C)no2)CC1.Cl. The molecule has 1 aromatic heterocycles. The van der Waals surface area contributed by atoms with Crippen LogP contribution in [0.3, 0.4) is 0 Å². The van der Waals surface area contributed by atoms with Crippen molar-refractivity contribution in [3.8, 4) is 0 Å². The van der Waals surface area contributed by atoms with Gasteiger partial charge >= 0.3 is 0 Å². The van der Waals surface area contributed by atoms with Crippen LogP contribution < -0.4 is 5.32 Å². The average Bonchev–Trinajstić information content (AvgIpc) is 2.76. The molecule has 0 atom stereocenters. The van der Waals surface area contributed by atoms with E-state index in [0.29, 0.717) is 11.7 Å². The summed E-state index contributed by atoms with van der Waals surface area (Å²) in [5, 5.41) is 6.93. The first kappa shape index (κ1) is 15.0. The highest BCUT2D eigenvalue weighted by Crippen LogP contribution is 2.18. The molecule has 0 aliphatic carbocycles. The predicted octanol–water partition coefficient (Wildman–Crippen LogP) is 1.48. The summed E-state index contributed by atoms with van der Waals surface area (Å²) in [7, 11) is 1.97. The summed E-state index contributed by atoms with van der Waals surface area (Å²) in [5.41, 5.74) is 0.749. The smallest absolute Gasteiger partial charge is 0.292 e. The van der Waals surface area contributed by atoms with E-state index >= 15 is 0 Å². The van der Waals surface area contributed by atoms with E-state index in [9.17, 15) is 4.79 Å². The first-order chi connectivity index (χ1) is 8.20. The number of piperidine rings is 1. The van der Waals surface area contributed by atoms with E-state index in [4.69, 9.17) is 4.52 Å². The highest BCUT2D eigenvalue weighted by atomic mass is 35.5. The molecule has 1 saturated heterocycles. The Morgan fingerprint density at radius 2 is 2.22 bits per heavy atom. The van der Waals surface area contributed by atoms with Crippen molar-refractivity contribution in [3.05, 3.63) is 17.5 Å². The number of halogens is 1.